The Kier molecular flexibility index (Phi) is 5.13. The molecule has 27 heavy (non-hydrogen) atoms. The normalized spacial score (nSPS) is 15.7. The van der Waals surface area contributed by atoms with Gasteiger partial charge in [0.1, 0.15) is 17.6 Å². The largest absolute Gasteiger partial charge is 0.496 e. The van der Waals surface area contributed by atoms with E-state index in [0.717, 1.165) is 0 Å². The van der Waals surface area contributed by atoms with Crippen molar-refractivity contribution < 1.29 is 24.3 Å². The number of carbonyl (C=O) groups is 1. The van der Waals surface area contributed by atoms with E-state index in [2.05, 4.69) is 5.32 Å². The zero-order valence-electron chi connectivity index (χ0n) is 14.8. The van der Waals surface area contributed by atoms with Crippen molar-refractivity contribution in [1.29, 1.82) is 0 Å². The molecule has 0 bridgehead atoms. The van der Waals surface area contributed by atoms with Gasteiger partial charge in [0.25, 0.3) is 5.69 Å². The average molecular weight is 373 g/mol. The number of amides is 2. The number of hydrogen-bond acceptors (Lipinski definition) is 6. The van der Waals surface area contributed by atoms with E-state index in [4.69, 9.17) is 9.47 Å². The van der Waals surface area contributed by atoms with Crippen LogP contribution < -0.4 is 14.8 Å². The molecule has 0 radical (unpaired) electrons. The van der Waals surface area contributed by atoms with E-state index in [1.807, 2.05) is 0 Å². The summed E-state index contributed by atoms with van der Waals surface area (Å²) in [6.45, 7) is 0.306. The Balaban J connectivity index is 1.81. The Bertz CT molecular complexity index is 868. The molecule has 2 amide bonds. The van der Waals surface area contributed by atoms with Crippen LogP contribution in [0.2, 0.25) is 0 Å². The van der Waals surface area contributed by atoms with Gasteiger partial charge in [-0.25, -0.2) is 4.79 Å². The first-order chi connectivity index (χ1) is 12.9. The van der Waals surface area contributed by atoms with Crippen molar-refractivity contribution in [2.45, 2.75) is 12.6 Å². The van der Waals surface area contributed by atoms with Gasteiger partial charge in [-0.05, 0) is 24.3 Å². The Morgan fingerprint density at radius 2 is 1.81 bits per heavy atom. The van der Waals surface area contributed by atoms with E-state index in [1.54, 1.807) is 12.1 Å². The Hall–Kier alpha value is -3.33. The predicted octanol–water partition coefficient (Wildman–Crippen LogP) is 2.69. The van der Waals surface area contributed by atoms with E-state index in [1.165, 1.54) is 43.4 Å². The lowest BCUT2D eigenvalue weighted by Crippen LogP contribution is -2.41. The molecular formula is C18H19N3O6. The maximum atomic E-state index is 12.6. The zero-order chi connectivity index (χ0) is 19.6. The van der Waals surface area contributed by atoms with Crippen molar-refractivity contribution in [2.24, 2.45) is 0 Å². The minimum Gasteiger partial charge on any atom is -0.496 e. The maximum absolute atomic E-state index is 12.6. The third-order valence-corrected chi connectivity index (χ3v) is 4.41. The summed E-state index contributed by atoms with van der Waals surface area (Å²) in [6.07, 6.45) is -0.929. The number of nitro benzene ring substituents is 1. The van der Waals surface area contributed by atoms with Crippen LogP contribution in [-0.2, 0) is 6.54 Å². The highest BCUT2D eigenvalue weighted by Crippen LogP contribution is 2.39. The number of non-ortho nitro benzene ring substituents is 1. The number of methoxy groups -OCH3 is 2. The van der Waals surface area contributed by atoms with Crippen LogP contribution in [0.25, 0.3) is 0 Å². The van der Waals surface area contributed by atoms with Gasteiger partial charge in [0, 0.05) is 28.9 Å². The summed E-state index contributed by atoms with van der Waals surface area (Å²) in [7, 11) is 3.03. The second-order valence-electron chi connectivity index (χ2n) is 5.99. The Labute approximate surface area is 155 Å². The number of nitrogens with one attached hydrogen (secondary N) is 1. The van der Waals surface area contributed by atoms with Gasteiger partial charge in [-0.15, -0.1) is 0 Å². The molecule has 2 aromatic carbocycles. The van der Waals surface area contributed by atoms with Crippen molar-refractivity contribution in [3.05, 3.63) is 57.6 Å². The van der Waals surface area contributed by atoms with E-state index >= 15 is 0 Å². The Morgan fingerprint density at radius 3 is 2.41 bits per heavy atom. The maximum Gasteiger partial charge on any atom is 0.322 e. The summed E-state index contributed by atoms with van der Waals surface area (Å²) >= 11 is 0. The lowest BCUT2D eigenvalue weighted by Gasteiger charge is -2.34. The smallest absolute Gasteiger partial charge is 0.322 e. The van der Waals surface area contributed by atoms with Gasteiger partial charge < -0.3 is 24.8 Å². The van der Waals surface area contributed by atoms with Crippen molar-refractivity contribution >= 4 is 17.4 Å². The molecule has 0 aromatic heterocycles. The number of β-amino-alcohol motifs (C(OH)–C–C–N with tert-alkyl or cyclic N) is 1. The fourth-order valence-corrected chi connectivity index (χ4v) is 3.10. The van der Waals surface area contributed by atoms with Crippen LogP contribution in [-0.4, -0.2) is 41.7 Å². The first-order valence-corrected chi connectivity index (χ1v) is 8.16. The molecule has 142 valence electrons. The van der Waals surface area contributed by atoms with Crippen LogP contribution in [0.5, 0.6) is 11.5 Å². The molecule has 0 spiro atoms. The van der Waals surface area contributed by atoms with Gasteiger partial charge in [0.15, 0.2) is 0 Å². The highest BCUT2D eigenvalue weighted by atomic mass is 16.6. The molecule has 9 nitrogen and oxygen atoms in total. The quantitative estimate of drug-likeness (QED) is 0.629. The van der Waals surface area contributed by atoms with Crippen molar-refractivity contribution in [1.82, 2.24) is 4.90 Å². The number of aliphatic hydroxyl groups excluding tert-OH is 1. The highest BCUT2D eigenvalue weighted by Gasteiger charge is 2.32. The van der Waals surface area contributed by atoms with E-state index in [9.17, 15) is 20.0 Å². The predicted molar refractivity (Wildman–Crippen MR) is 97.0 cm³/mol. The Morgan fingerprint density at radius 1 is 1.19 bits per heavy atom. The molecule has 1 aliphatic heterocycles. The summed E-state index contributed by atoms with van der Waals surface area (Å²) in [5.74, 6) is 1.09. The average Bonchev–Trinajstić information content (AvgIpc) is 2.67. The van der Waals surface area contributed by atoms with Crippen molar-refractivity contribution in [3.8, 4) is 11.5 Å². The van der Waals surface area contributed by atoms with E-state index < -0.39 is 17.1 Å². The molecule has 1 aliphatic rings. The summed E-state index contributed by atoms with van der Waals surface area (Å²) in [5.41, 5.74) is 1.64. The summed E-state index contributed by atoms with van der Waals surface area (Å²) in [5, 5.41) is 23.9. The number of carbonyl (C=O) groups excluding carboxylic acids is 1. The van der Waals surface area contributed by atoms with Crippen LogP contribution in [0, 0.1) is 10.1 Å². The first kappa shape index (κ1) is 18.5. The van der Waals surface area contributed by atoms with Gasteiger partial charge in [-0.3, -0.25) is 10.1 Å². The minimum atomic E-state index is -0.929. The fourth-order valence-electron chi connectivity index (χ4n) is 3.10. The molecule has 3 rings (SSSR count). The molecule has 1 heterocycles. The first-order valence-electron chi connectivity index (χ1n) is 8.16. The monoisotopic (exact) mass is 373 g/mol. The second kappa shape index (κ2) is 7.50. The number of benzene rings is 2. The highest BCUT2D eigenvalue weighted by molar-refractivity contribution is 5.89. The molecule has 0 aliphatic carbocycles. The van der Waals surface area contributed by atoms with Crippen LogP contribution in [0.1, 0.15) is 17.2 Å². The van der Waals surface area contributed by atoms with Crippen molar-refractivity contribution in [3.63, 3.8) is 0 Å². The van der Waals surface area contributed by atoms with Gasteiger partial charge in [0.05, 0.1) is 32.2 Å². The fraction of sp³-hybridized carbons (Fsp3) is 0.278. The van der Waals surface area contributed by atoms with E-state index in [0.29, 0.717) is 28.3 Å². The third-order valence-electron chi connectivity index (χ3n) is 4.41. The number of anilines is 1. The summed E-state index contributed by atoms with van der Waals surface area (Å²) in [4.78, 5) is 24.2. The minimum absolute atomic E-state index is 0.0628. The molecule has 9 heteroatoms. The number of hydrogen-bond donors (Lipinski definition) is 2. The molecule has 0 saturated carbocycles. The standard InChI is InChI=1S/C18H19N3O6/c1-26-15-7-8-16(27-2)17-13(15)9-20(10-14(17)22)18(23)19-11-3-5-12(6-4-11)21(24)25/h3-8,14,22H,9-10H2,1-2H3,(H,19,23). The number of nitrogens with zero attached hydrogens (tertiary/aromatic N) is 2. The molecule has 0 fully saturated rings. The van der Waals surface area contributed by atoms with Crippen LogP contribution in [0.3, 0.4) is 0 Å². The molecular weight excluding hydrogens is 354 g/mol. The van der Waals surface area contributed by atoms with Crippen LogP contribution in [0.4, 0.5) is 16.2 Å². The molecule has 1 unspecified atom stereocenters. The van der Waals surface area contributed by atoms with Crippen LogP contribution >= 0.6 is 0 Å². The number of urea groups is 1. The zero-order valence-corrected chi connectivity index (χ0v) is 14.8. The number of aliphatic hydroxyl groups is 1. The van der Waals surface area contributed by atoms with Crippen molar-refractivity contribution in [2.75, 3.05) is 26.1 Å². The number of ether oxygens (including phenoxy) is 2. The topological polar surface area (TPSA) is 114 Å². The number of fused-ring (bicyclic) bond motifs is 1. The SMILES string of the molecule is COc1ccc(OC)c2c1CN(C(=O)Nc1ccc([N+](=O)[O-])cc1)CC2O. The van der Waals surface area contributed by atoms with Gasteiger partial charge in [-0.2, -0.15) is 0 Å². The number of rotatable bonds is 4. The van der Waals surface area contributed by atoms with Gasteiger partial charge >= 0.3 is 6.03 Å². The summed E-state index contributed by atoms with van der Waals surface area (Å²) < 4.78 is 10.7. The van der Waals surface area contributed by atoms with Gasteiger partial charge in [-0.1, -0.05) is 0 Å². The molecule has 1 atom stereocenters. The molecule has 2 aromatic rings. The van der Waals surface area contributed by atoms with Gasteiger partial charge in [0.2, 0.25) is 0 Å². The third kappa shape index (κ3) is 3.63. The lowest BCUT2D eigenvalue weighted by atomic mass is 9.95. The molecule has 2 N–H and O–H groups in total. The number of nitro groups is 1. The van der Waals surface area contributed by atoms with Crippen LogP contribution in [0.15, 0.2) is 36.4 Å². The lowest BCUT2D eigenvalue weighted by molar-refractivity contribution is -0.384. The second-order valence-corrected chi connectivity index (χ2v) is 5.99. The summed E-state index contributed by atoms with van der Waals surface area (Å²) in [6, 6.07) is 8.53. The molecule has 0 saturated heterocycles. The van der Waals surface area contributed by atoms with E-state index in [-0.39, 0.29) is 18.8 Å².